The molecule has 0 N–H and O–H groups in total. The Bertz CT molecular complexity index is 745. The maximum absolute atomic E-state index is 4.82. The van der Waals surface area contributed by atoms with E-state index in [-0.39, 0.29) is 0 Å². The summed E-state index contributed by atoms with van der Waals surface area (Å²) < 4.78 is 2.31. The van der Waals surface area contributed by atoms with E-state index in [0.29, 0.717) is 0 Å². The van der Waals surface area contributed by atoms with Crippen molar-refractivity contribution in [2.75, 3.05) is 11.5 Å². The van der Waals surface area contributed by atoms with E-state index in [1.807, 2.05) is 18.3 Å². The van der Waals surface area contributed by atoms with E-state index in [0.717, 1.165) is 29.5 Å². The fourth-order valence-electron chi connectivity index (χ4n) is 2.92. The number of hydrogen-bond donors (Lipinski definition) is 0. The van der Waals surface area contributed by atoms with E-state index >= 15 is 0 Å². The molecule has 0 aliphatic carbocycles. The number of nitrogens with zero attached hydrogens (tertiary/aromatic N) is 3. The van der Waals surface area contributed by atoms with Crippen molar-refractivity contribution in [3.8, 4) is 11.4 Å². The predicted molar refractivity (Wildman–Crippen MR) is 88.4 cm³/mol. The number of pyridine rings is 1. The van der Waals surface area contributed by atoms with Crippen LogP contribution in [-0.4, -0.2) is 26.0 Å². The molecular weight excluding hydrogens is 278 g/mol. The lowest BCUT2D eigenvalue weighted by atomic mass is 10.1. The molecule has 0 amide bonds. The largest absolute Gasteiger partial charge is 0.308 e. The first-order chi connectivity index (χ1) is 10.4. The molecule has 4 rings (SSSR count). The molecule has 3 nitrogen and oxygen atoms in total. The van der Waals surface area contributed by atoms with Gasteiger partial charge in [0.05, 0.1) is 0 Å². The smallest absolute Gasteiger partial charge is 0.160 e. The van der Waals surface area contributed by atoms with Gasteiger partial charge in [0, 0.05) is 18.3 Å². The Morgan fingerprint density at radius 3 is 2.86 bits per heavy atom. The van der Waals surface area contributed by atoms with E-state index in [1.165, 1.54) is 23.5 Å². The molecule has 0 radical (unpaired) electrons. The molecule has 1 aliphatic heterocycles. The van der Waals surface area contributed by atoms with Gasteiger partial charge in [-0.15, -0.1) is 0 Å². The minimum atomic E-state index is 0.733. The zero-order valence-electron chi connectivity index (χ0n) is 11.8. The van der Waals surface area contributed by atoms with Gasteiger partial charge >= 0.3 is 0 Å². The van der Waals surface area contributed by atoms with Crippen molar-refractivity contribution in [3.05, 3.63) is 48.7 Å². The van der Waals surface area contributed by atoms with Gasteiger partial charge in [0.1, 0.15) is 11.3 Å². The number of benzene rings is 1. The van der Waals surface area contributed by atoms with Crippen molar-refractivity contribution in [1.29, 1.82) is 0 Å². The quantitative estimate of drug-likeness (QED) is 0.735. The molecule has 21 heavy (non-hydrogen) atoms. The van der Waals surface area contributed by atoms with Crippen molar-refractivity contribution in [3.63, 3.8) is 0 Å². The van der Waals surface area contributed by atoms with Gasteiger partial charge in [-0.2, -0.15) is 11.8 Å². The maximum Gasteiger partial charge on any atom is 0.160 e. The Morgan fingerprint density at radius 1 is 1.14 bits per heavy atom. The normalized spacial score (nSPS) is 18.4. The van der Waals surface area contributed by atoms with Crippen LogP contribution in [-0.2, 0) is 6.54 Å². The molecule has 1 aromatic carbocycles. The van der Waals surface area contributed by atoms with Gasteiger partial charge in [0.2, 0.25) is 0 Å². The fraction of sp³-hybridized carbons (Fsp3) is 0.294. The second-order valence-electron chi connectivity index (χ2n) is 5.49. The number of imidazole rings is 1. The Labute approximate surface area is 128 Å². The lowest BCUT2D eigenvalue weighted by Gasteiger charge is -2.13. The summed E-state index contributed by atoms with van der Waals surface area (Å²) in [7, 11) is 0. The molecule has 1 aliphatic rings. The number of thioether (sulfide) groups is 1. The summed E-state index contributed by atoms with van der Waals surface area (Å²) in [6.07, 6.45) is 3.16. The van der Waals surface area contributed by atoms with E-state index in [4.69, 9.17) is 4.98 Å². The Morgan fingerprint density at radius 2 is 2.05 bits per heavy atom. The first kappa shape index (κ1) is 12.9. The molecule has 0 spiro atoms. The van der Waals surface area contributed by atoms with Crippen molar-refractivity contribution in [2.24, 2.45) is 5.92 Å². The topological polar surface area (TPSA) is 30.7 Å². The number of fused-ring (bicyclic) bond motifs is 1. The van der Waals surface area contributed by atoms with Crippen molar-refractivity contribution >= 4 is 22.9 Å². The zero-order valence-corrected chi connectivity index (χ0v) is 12.6. The van der Waals surface area contributed by atoms with Gasteiger partial charge < -0.3 is 4.57 Å². The minimum Gasteiger partial charge on any atom is -0.308 e. The molecule has 1 saturated heterocycles. The van der Waals surface area contributed by atoms with Crippen LogP contribution in [0.5, 0.6) is 0 Å². The summed E-state index contributed by atoms with van der Waals surface area (Å²) in [4.78, 5) is 9.38. The highest BCUT2D eigenvalue weighted by Crippen LogP contribution is 2.29. The molecule has 1 atom stereocenters. The average Bonchev–Trinajstić information content (AvgIpc) is 3.17. The van der Waals surface area contributed by atoms with Crippen LogP contribution >= 0.6 is 11.8 Å². The fourth-order valence-corrected chi connectivity index (χ4v) is 4.20. The summed E-state index contributed by atoms with van der Waals surface area (Å²) in [6, 6.07) is 14.4. The van der Waals surface area contributed by atoms with Crippen LogP contribution in [0.3, 0.4) is 0 Å². The van der Waals surface area contributed by atoms with Crippen LogP contribution in [0.2, 0.25) is 0 Å². The third-order valence-corrected chi connectivity index (χ3v) is 5.23. The third-order valence-electron chi connectivity index (χ3n) is 4.00. The number of aromatic nitrogens is 3. The van der Waals surface area contributed by atoms with Crippen molar-refractivity contribution in [2.45, 2.75) is 13.0 Å². The van der Waals surface area contributed by atoms with Gasteiger partial charge in [-0.1, -0.05) is 30.3 Å². The maximum atomic E-state index is 4.82. The van der Waals surface area contributed by atoms with Gasteiger partial charge in [-0.3, -0.25) is 0 Å². The molecule has 4 heteroatoms. The highest BCUT2D eigenvalue weighted by molar-refractivity contribution is 7.99. The highest BCUT2D eigenvalue weighted by atomic mass is 32.2. The van der Waals surface area contributed by atoms with Gasteiger partial charge in [0.25, 0.3) is 0 Å². The van der Waals surface area contributed by atoms with Crippen molar-refractivity contribution < 1.29 is 0 Å². The van der Waals surface area contributed by atoms with Crippen LogP contribution in [0, 0.1) is 5.92 Å². The molecule has 0 bridgehead atoms. The molecular formula is C17H17N3S. The molecule has 106 valence electrons. The standard InChI is InChI=1S/C17H17N3S/c1-2-5-14(6-3-1)16-19-15-7-4-9-18-17(15)20(16)11-13-8-10-21-12-13/h1-7,9,13H,8,10-12H2. The van der Waals surface area contributed by atoms with Gasteiger partial charge in [-0.25, -0.2) is 9.97 Å². The van der Waals surface area contributed by atoms with Crippen LogP contribution in [0.4, 0.5) is 0 Å². The van der Waals surface area contributed by atoms with Crippen LogP contribution in [0.25, 0.3) is 22.6 Å². The molecule has 1 unspecified atom stereocenters. The summed E-state index contributed by atoms with van der Waals surface area (Å²) >= 11 is 2.06. The first-order valence-electron chi connectivity index (χ1n) is 7.36. The molecule has 2 aromatic heterocycles. The van der Waals surface area contributed by atoms with E-state index in [1.54, 1.807) is 0 Å². The Kier molecular flexibility index (Phi) is 3.39. The lowest BCUT2D eigenvalue weighted by Crippen LogP contribution is -2.11. The first-order valence-corrected chi connectivity index (χ1v) is 8.52. The average molecular weight is 295 g/mol. The van der Waals surface area contributed by atoms with E-state index in [2.05, 4.69) is 51.6 Å². The summed E-state index contributed by atoms with van der Waals surface area (Å²) in [5.41, 5.74) is 3.16. The van der Waals surface area contributed by atoms with E-state index in [9.17, 15) is 0 Å². The summed E-state index contributed by atoms with van der Waals surface area (Å²) in [5, 5.41) is 0. The van der Waals surface area contributed by atoms with Gasteiger partial charge in [-0.05, 0) is 36.0 Å². The molecule has 3 aromatic rings. The second kappa shape index (κ2) is 5.53. The molecule has 1 fully saturated rings. The van der Waals surface area contributed by atoms with Crippen LogP contribution < -0.4 is 0 Å². The third kappa shape index (κ3) is 2.44. The SMILES string of the molecule is c1ccc(-c2nc3cccnc3n2CC2CCSC2)cc1. The van der Waals surface area contributed by atoms with Crippen LogP contribution in [0.15, 0.2) is 48.7 Å². The summed E-state index contributed by atoms with van der Waals surface area (Å²) in [6.45, 7) is 1.02. The van der Waals surface area contributed by atoms with Gasteiger partial charge in [0.15, 0.2) is 5.65 Å². The number of rotatable bonds is 3. The number of hydrogen-bond acceptors (Lipinski definition) is 3. The monoisotopic (exact) mass is 295 g/mol. The minimum absolute atomic E-state index is 0.733. The van der Waals surface area contributed by atoms with E-state index < -0.39 is 0 Å². The predicted octanol–water partition coefficient (Wildman–Crippen LogP) is 3.85. The lowest BCUT2D eigenvalue weighted by molar-refractivity contribution is 0.502. The highest BCUT2D eigenvalue weighted by Gasteiger charge is 2.20. The molecule has 3 heterocycles. The Balaban J connectivity index is 1.84. The van der Waals surface area contributed by atoms with Crippen LogP contribution in [0.1, 0.15) is 6.42 Å². The second-order valence-corrected chi connectivity index (χ2v) is 6.64. The van der Waals surface area contributed by atoms with Crippen molar-refractivity contribution in [1.82, 2.24) is 14.5 Å². The summed E-state index contributed by atoms with van der Waals surface area (Å²) in [5.74, 6) is 4.31. The molecule has 0 saturated carbocycles. The zero-order chi connectivity index (χ0) is 14.1. The Hall–Kier alpha value is -1.81.